The van der Waals surface area contributed by atoms with E-state index in [0.29, 0.717) is 5.56 Å². The Labute approximate surface area is 117 Å². The molecule has 1 aromatic rings. The summed E-state index contributed by atoms with van der Waals surface area (Å²) < 4.78 is 38.2. The van der Waals surface area contributed by atoms with E-state index < -0.39 is 20.8 Å². The number of anilines is 1. The number of nitrogens with one attached hydrogen (secondary N) is 1. The summed E-state index contributed by atoms with van der Waals surface area (Å²) in [6.45, 7) is 5.41. The number of hydrogen-bond donors (Lipinski definition) is 2. The molecule has 0 bridgehead atoms. The summed E-state index contributed by atoms with van der Waals surface area (Å²) >= 11 is 0. The maximum atomic E-state index is 12.3. The average molecular weight is 304 g/mol. The lowest BCUT2D eigenvalue weighted by Gasteiger charge is -2.15. The molecule has 7 heteroatoms. The van der Waals surface area contributed by atoms with Crippen molar-refractivity contribution >= 4 is 26.5 Å². The highest BCUT2D eigenvalue weighted by atomic mass is 32.2. The minimum atomic E-state index is -3.68. The molecule has 0 amide bonds. The van der Waals surface area contributed by atoms with Gasteiger partial charge in [0.25, 0.3) is 0 Å². The van der Waals surface area contributed by atoms with Crippen LogP contribution in [0.25, 0.3) is 0 Å². The van der Waals surface area contributed by atoms with E-state index in [4.69, 9.17) is 5.73 Å². The van der Waals surface area contributed by atoms with Crippen molar-refractivity contribution in [2.24, 2.45) is 0 Å². The molecule has 0 aromatic heterocycles. The van der Waals surface area contributed by atoms with Crippen LogP contribution in [0.15, 0.2) is 17.0 Å². The lowest BCUT2D eigenvalue weighted by molar-refractivity contribution is 0.580. The van der Waals surface area contributed by atoms with Gasteiger partial charge in [-0.05, 0) is 38.0 Å². The van der Waals surface area contributed by atoms with Gasteiger partial charge in [0.2, 0.25) is 10.0 Å². The number of sulfonamides is 1. The number of hydrogen-bond acceptors (Lipinski definition) is 4. The highest BCUT2D eigenvalue weighted by Crippen LogP contribution is 2.24. The zero-order valence-corrected chi connectivity index (χ0v) is 13.2. The molecule has 108 valence electrons. The summed E-state index contributed by atoms with van der Waals surface area (Å²) in [5, 5.41) is -0.249. The molecule has 0 spiro atoms. The highest BCUT2D eigenvalue weighted by Gasteiger charge is 2.22. The maximum absolute atomic E-state index is 12.3. The molecular weight excluding hydrogens is 284 g/mol. The van der Waals surface area contributed by atoms with E-state index in [2.05, 4.69) is 4.72 Å². The van der Waals surface area contributed by atoms with Gasteiger partial charge in [-0.2, -0.15) is 0 Å². The molecule has 0 fully saturated rings. The number of nitrogen functional groups attached to an aromatic ring is 1. The molecule has 0 heterocycles. The summed E-state index contributed by atoms with van der Waals surface area (Å²) in [6, 6.07) is 3.37. The smallest absolute Gasteiger partial charge is 0.242 e. The van der Waals surface area contributed by atoms with Crippen LogP contribution >= 0.6 is 0 Å². The fraction of sp³-hybridized carbons (Fsp3) is 0.500. The van der Waals surface area contributed by atoms with Crippen LogP contribution in [-0.2, 0) is 20.8 Å². The van der Waals surface area contributed by atoms with Crippen LogP contribution in [0, 0.1) is 13.8 Å². The van der Waals surface area contributed by atoms with Gasteiger partial charge in [-0.15, -0.1) is 0 Å². The van der Waals surface area contributed by atoms with E-state index in [1.807, 2.05) is 6.92 Å². The Morgan fingerprint density at radius 2 is 1.95 bits per heavy atom. The van der Waals surface area contributed by atoms with Gasteiger partial charge in [0.1, 0.15) is 4.90 Å². The van der Waals surface area contributed by atoms with Gasteiger partial charge < -0.3 is 5.73 Å². The van der Waals surface area contributed by atoms with E-state index in [-0.39, 0.29) is 22.4 Å². The van der Waals surface area contributed by atoms with Crippen molar-refractivity contribution in [3.05, 3.63) is 23.3 Å². The number of aryl methyl sites for hydroxylation is 1. The SMILES string of the molecule is Cc1ccc(N)c(S(=O)(=O)NCC(C)S(C)=O)c1C. The van der Waals surface area contributed by atoms with Crippen molar-refractivity contribution in [1.29, 1.82) is 0 Å². The Morgan fingerprint density at radius 1 is 1.37 bits per heavy atom. The second-order valence-corrected chi connectivity index (χ2v) is 8.09. The quantitative estimate of drug-likeness (QED) is 0.792. The first-order valence-electron chi connectivity index (χ1n) is 5.84. The zero-order valence-electron chi connectivity index (χ0n) is 11.6. The molecule has 0 aliphatic carbocycles. The topological polar surface area (TPSA) is 89.3 Å². The first-order chi connectivity index (χ1) is 8.66. The normalized spacial score (nSPS) is 15.2. The molecule has 2 atom stereocenters. The largest absolute Gasteiger partial charge is 0.398 e. The van der Waals surface area contributed by atoms with Crippen molar-refractivity contribution in [3.8, 4) is 0 Å². The molecule has 2 unspecified atom stereocenters. The predicted molar refractivity (Wildman–Crippen MR) is 79.0 cm³/mol. The Bertz CT molecular complexity index is 597. The summed E-state index contributed by atoms with van der Waals surface area (Å²) in [5.41, 5.74) is 7.49. The fourth-order valence-electron chi connectivity index (χ4n) is 1.58. The minimum absolute atomic E-state index is 0.113. The third-order valence-corrected chi connectivity index (χ3v) is 6.03. The van der Waals surface area contributed by atoms with Crippen LogP contribution < -0.4 is 10.5 Å². The molecule has 5 nitrogen and oxygen atoms in total. The first kappa shape index (κ1) is 16.1. The summed E-state index contributed by atoms with van der Waals surface area (Å²) in [5.74, 6) is 0. The van der Waals surface area contributed by atoms with E-state index in [0.717, 1.165) is 5.56 Å². The molecule has 1 aromatic carbocycles. The standard InChI is InChI=1S/C12H20N2O3S2/c1-8-5-6-11(13)12(10(8)3)19(16,17)14-7-9(2)18(4)15/h5-6,9,14H,7,13H2,1-4H3. The monoisotopic (exact) mass is 304 g/mol. The van der Waals surface area contributed by atoms with E-state index in [1.54, 1.807) is 32.2 Å². The summed E-state index contributed by atoms with van der Waals surface area (Å²) in [4.78, 5) is 0.113. The maximum Gasteiger partial charge on any atom is 0.242 e. The summed E-state index contributed by atoms with van der Waals surface area (Å²) in [7, 11) is -4.76. The van der Waals surface area contributed by atoms with Crippen LogP contribution in [0.2, 0.25) is 0 Å². The average Bonchev–Trinajstić information content (AvgIpc) is 2.31. The highest BCUT2D eigenvalue weighted by molar-refractivity contribution is 7.89. The Hall–Kier alpha value is -0.920. The van der Waals surface area contributed by atoms with Crippen LogP contribution in [0.1, 0.15) is 18.1 Å². The second-order valence-electron chi connectivity index (χ2n) is 4.59. The van der Waals surface area contributed by atoms with Crippen LogP contribution in [0.5, 0.6) is 0 Å². The van der Waals surface area contributed by atoms with Crippen molar-refractivity contribution in [2.75, 3.05) is 18.5 Å². The van der Waals surface area contributed by atoms with Gasteiger partial charge in [-0.3, -0.25) is 4.21 Å². The Morgan fingerprint density at radius 3 is 2.47 bits per heavy atom. The van der Waals surface area contributed by atoms with Gasteiger partial charge in [-0.25, -0.2) is 13.1 Å². The first-order valence-corrected chi connectivity index (χ1v) is 8.95. The number of benzene rings is 1. The zero-order chi connectivity index (χ0) is 14.8. The fourth-order valence-corrected chi connectivity index (χ4v) is 3.56. The van der Waals surface area contributed by atoms with Crippen LogP contribution in [-0.4, -0.2) is 30.7 Å². The van der Waals surface area contributed by atoms with Gasteiger partial charge in [0.15, 0.2) is 0 Å². The number of rotatable bonds is 5. The van der Waals surface area contributed by atoms with Gasteiger partial charge >= 0.3 is 0 Å². The van der Waals surface area contributed by atoms with Crippen molar-refractivity contribution in [1.82, 2.24) is 4.72 Å². The molecule has 0 aliphatic rings. The lowest BCUT2D eigenvalue weighted by atomic mass is 10.1. The third-order valence-electron chi connectivity index (χ3n) is 3.10. The molecule has 19 heavy (non-hydrogen) atoms. The van der Waals surface area contributed by atoms with Gasteiger partial charge in [-0.1, -0.05) is 6.07 Å². The molecule has 0 saturated carbocycles. The predicted octanol–water partition coefficient (Wildman–Crippen LogP) is 0.931. The molecule has 0 saturated heterocycles. The molecule has 3 N–H and O–H groups in total. The Kier molecular flexibility index (Phi) is 5.11. The van der Waals surface area contributed by atoms with Gasteiger partial charge in [0, 0.05) is 28.9 Å². The molecule has 0 aliphatic heterocycles. The van der Waals surface area contributed by atoms with Crippen molar-refractivity contribution in [3.63, 3.8) is 0 Å². The van der Waals surface area contributed by atoms with Crippen LogP contribution in [0.4, 0.5) is 5.69 Å². The summed E-state index contributed by atoms with van der Waals surface area (Å²) in [6.07, 6.45) is 1.55. The van der Waals surface area contributed by atoms with Crippen LogP contribution in [0.3, 0.4) is 0 Å². The molecule has 1 rings (SSSR count). The van der Waals surface area contributed by atoms with Crippen molar-refractivity contribution in [2.45, 2.75) is 30.9 Å². The molecular formula is C12H20N2O3S2. The van der Waals surface area contributed by atoms with Gasteiger partial charge in [0.05, 0.1) is 5.69 Å². The third kappa shape index (κ3) is 3.77. The Balaban J connectivity index is 3.08. The second kappa shape index (κ2) is 6.02. The van der Waals surface area contributed by atoms with E-state index in [1.165, 1.54) is 0 Å². The van der Waals surface area contributed by atoms with Crippen molar-refractivity contribution < 1.29 is 12.6 Å². The minimum Gasteiger partial charge on any atom is -0.398 e. The van der Waals surface area contributed by atoms with E-state index in [9.17, 15) is 12.6 Å². The van der Waals surface area contributed by atoms with E-state index >= 15 is 0 Å². The lowest BCUT2D eigenvalue weighted by Crippen LogP contribution is -2.33. The number of nitrogens with two attached hydrogens (primary N) is 1. The molecule has 0 radical (unpaired) electrons.